The summed E-state index contributed by atoms with van der Waals surface area (Å²) in [7, 11) is 1.11. The summed E-state index contributed by atoms with van der Waals surface area (Å²) in [5, 5.41) is 13.1. The largest absolute Gasteiger partial charge is 0.481 e. The van der Waals surface area contributed by atoms with Gasteiger partial charge in [-0.1, -0.05) is 0 Å². The predicted molar refractivity (Wildman–Crippen MR) is 74.7 cm³/mol. The molecule has 0 aliphatic heterocycles. The maximum Gasteiger partial charge on any atom is 0.340 e. The first-order valence-electron chi connectivity index (χ1n) is 5.69. The van der Waals surface area contributed by atoms with Crippen molar-refractivity contribution in [1.82, 2.24) is 5.32 Å². The average Bonchev–Trinajstić information content (AvgIpc) is 2.41. The molecular weight excluding hydrogens is 351 g/mol. The topological polar surface area (TPSA) is 105 Å². The van der Waals surface area contributed by atoms with Crippen LogP contribution in [0.25, 0.3) is 0 Å². The minimum absolute atomic E-state index is 0.0220. The van der Waals surface area contributed by atoms with E-state index in [-0.39, 0.29) is 28.7 Å². The molecule has 21 heavy (non-hydrogen) atoms. The van der Waals surface area contributed by atoms with E-state index in [9.17, 15) is 18.8 Å². The van der Waals surface area contributed by atoms with Crippen molar-refractivity contribution in [2.75, 3.05) is 19.0 Å². The zero-order valence-corrected chi connectivity index (χ0v) is 12.5. The second kappa shape index (κ2) is 7.58. The third kappa shape index (κ3) is 5.03. The number of hydrogen-bond donors (Lipinski definition) is 3. The van der Waals surface area contributed by atoms with Crippen molar-refractivity contribution in [3.05, 3.63) is 28.0 Å². The molecule has 2 amide bonds. The number of esters is 1. The molecule has 0 aromatic heterocycles. The highest BCUT2D eigenvalue weighted by molar-refractivity contribution is 9.10. The van der Waals surface area contributed by atoms with Crippen LogP contribution in [0.4, 0.5) is 14.9 Å². The molecule has 0 bridgehead atoms. The molecule has 0 atom stereocenters. The quantitative estimate of drug-likeness (QED) is 0.694. The van der Waals surface area contributed by atoms with Crippen LogP contribution < -0.4 is 10.6 Å². The van der Waals surface area contributed by atoms with Crippen molar-refractivity contribution in [2.24, 2.45) is 0 Å². The van der Waals surface area contributed by atoms with E-state index in [1.165, 1.54) is 6.07 Å². The van der Waals surface area contributed by atoms with Gasteiger partial charge >= 0.3 is 18.0 Å². The minimum Gasteiger partial charge on any atom is -0.481 e. The first-order chi connectivity index (χ1) is 9.85. The van der Waals surface area contributed by atoms with Crippen LogP contribution in [0.1, 0.15) is 16.8 Å². The molecule has 0 unspecified atom stereocenters. The number of urea groups is 1. The van der Waals surface area contributed by atoms with Crippen LogP contribution in [0.2, 0.25) is 0 Å². The van der Waals surface area contributed by atoms with Gasteiger partial charge in [0.1, 0.15) is 0 Å². The van der Waals surface area contributed by atoms with Gasteiger partial charge in [0.05, 0.1) is 23.6 Å². The van der Waals surface area contributed by atoms with Crippen molar-refractivity contribution in [3.63, 3.8) is 0 Å². The van der Waals surface area contributed by atoms with Crippen LogP contribution in [0.3, 0.4) is 0 Å². The predicted octanol–water partition coefficient (Wildman–Crippen LogP) is 1.97. The Morgan fingerprint density at radius 3 is 2.62 bits per heavy atom. The number of carboxylic acids is 1. The standard InChI is InChI=1S/C12H12BrFN2O5/c1-21-11(19)7-4-6(5-8(13)10(7)14)16-12(20)15-3-2-9(17)18/h4-5H,2-3H2,1H3,(H,17,18)(H2,15,16,20). The Morgan fingerprint density at radius 1 is 1.38 bits per heavy atom. The summed E-state index contributed by atoms with van der Waals surface area (Å²) in [5.41, 5.74) is -0.191. The Morgan fingerprint density at radius 2 is 2.05 bits per heavy atom. The number of aliphatic carboxylic acids is 1. The van der Waals surface area contributed by atoms with Crippen LogP contribution >= 0.6 is 15.9 Å². The molecule has 7 nitrogen and oxygen atoms in total. The number of benzene rings is 1. The zero-order valence-electron chi connectivity index (χ0n) is 10.9. The molecule has 0 aliphatic rings. The molecule has 0 saturated carbocycles. The molecule has 9 heteroatoms. The van der Waals surface area contributed by atoms with E-state index < -0.39 is 23.8 Å². The second-order valence-corrected chi connectivity index (χ2v) is 4.69. The summed E-state index contributed by atoms with van der Waals surface area (Å²) in [5.74, 6) is -2.74. The Balaban J connectivity index is 2.80. The molecule has 0 spiro atoms. The molecule has 1 rings (SSSR count). The van der Waals surface area contributed by atoms with Gasteiger partial charge in [-0.3, -0.25) is 4.79 Å². The van der Waals surface area contributed by atoms with Crippen molar-refractivity contribution in [2.45, 2.75) is 6.42 Å². The molecule has 1 aromatic carbocycles. The molecule has 0 heterocycles. The van der Waals surface area contributed by atoms with Gasteiger partial charge in [0.2, 0.25) is 0 Å². The number of carbonyl (C=O) groups is 3. The third-order valence-electron chi connectivity index (χ3n) is 2.32. The number of hydrogen-bond acceptors (Lipinski definition) is 4. The number of rotatable bonds is 5. The van der Waals surface area contributed by atoms with Crippen molar-refractivity contribution >= 4 is 39.6 Å². The van der Waals surface area contributed by atoms with Gasteiger partial charge < -0.3 is 20.5 Å². The SMILES string of the molecule is COC(=O)c1cc(NC(=O)NCCC(=O)O)cc(Br)c1F. The summed E-state index contributed by atoms with van der Waals surface area (Å²) in [6.07, 6.45) is -0.228. The van der Waals surface area contributed by atoms with Gasteiger partial charge in [0.15, 0.2) is 5.82 Å². The number of carboxylic acid groups (broad SMARTS) is 1. The van der Waals surface area contributed by atoms with Crippen LogP contribution in [-0.4, -0.2) is 36.7 Å². The minimum atomic E-state index is -1.05. The third-order valence-corrected chi connectivity index (χ3v) is 2.89. The monoisotopic (exact) mass is 362 g/mol. The molecule has 0 saturated heterocycles. The maximum absolute atomic E-state index is 13.7. The molecular formula is C12H12BrFN2O5. The van der Waals surface area contributed by atoms with E-state index in [1.807, 2.05) is 0 Å². The van der Waals surface area contributed by atoms with Crippen LogP contribution in [-0.2, 0) is 9.53 Å². The van der Waals surface area contributed by atoms with E-state index in [4.69, 9.17) is 5.11 Å². The summed E-state index contributed by atoms with van der Waals surface area (Å²) >= 11 is 2.92. The Kier molecular flexibility index (Phi) is 6.10. The number of nitrogens with one attached hydrogen (secondary N) is 2. The number of methoxy groups -OCH3 is 1. The average molecular weight is 363 g/mol. The fraction of sp³-hybridized carbons (Fsp3) is 0.250. The number of ether oxygens (including phenoxy) is 1. The number of halogens is 2. The zero-order chi connectivity index (χ0) is 16.0. The van der Waals surface area contributed by atoms with E-state index in [0.29, 0.717) is 0 Å². The van der Waals surface area contributed by atoms with Crippen molar-refractivity contribution < 1.29 is 28.6 Å². The highest BCUT2D eigenvalue weighted by atomic mass is 79.9. The van der Waals surface area contributed by atoms with Gasteiger partial charge in [0, 0.05) is 12.2 Å². The van der Waals surface area contributed by atoms with Gasteiger partial charge in [-0.05, 0) is 28.1 Å². The van der Waals surface area contributed by atoms with E-state index >= 15 is 0 Å². The van der Waals surface area contributed by atoms with Crippen molar-refractivity contribution in [3.8, 4) is 0 Å². The molecule has 0 radical (unpaired) electrons. The summed E-state index contributed by atoms with van der Waals surface area (Å²) < 4.78 is 18.1. The molecule has 0 aliphatic carbocycles. The summed E-state index contributed by atoms with van der Waals surface area (Å²) in [6.45, 7) is -0.0621. The Labute approximate surface area is 127 Å². The van der Waals surface area contributed by atoms with E-state index in [1.54, 1.807) is 0 Å². The fourth-order valence-corrected chi connectivity index (χ4v) is 1.84. The lowest BCUT2D eigenvalue weighted by Crippen LogP contribution is -2.30. The molecule has 1 aromatic rings. The maximum atomic E-state index is 13.7. The highest BCUT2D eigenvalue weighted by Gasteiger charge is 2.17. The fourth-order valence-electron chi connectivity index (χ4n) is 1.38. The Hall–Kier alpha value is -2.16. The lowest BCUT2D eigenvalue weighted by molar-refractivity contribution is -0.136. The summed E-state index contributed by atoms with van der Waals surface area (Å²) in [6, 6.07) is 1.70. The van der Waals surface area contributed by atoms with E-state index in [0.717, 1.165) is 13.2 Å². The number of carbonyl (C=O) groups excluding carboxylic acids is 2. The first kappa shape index (κ1) is 16.9. The van der Waals surface area contributed by atoms with Gasteiger partial charge in [0.25, 0.3) is 0 Å². The van der Waals surface area contributed by atoms with Crippen LogP contribution in [0.15, 0.2) is 16.6 Å². The second-order valence-electron chi connectivity index (χ2n) is 3.84. The molecule has 0 fully saturated rings. The smallest absolute Gasteiger partial charge is 0.340 e. The number of amides is 2. The first-order valence-corrected chi connectivity index (χ1v) is 6.48. The lowest BCUT2D eigenvalue weighted by atomic mass is 10.2. The molecule has 114 valence electrons. The van der Waals surface area contributed by atoms with E-state index in [2.05, 4.69) is 31.3 Å². The molecule has 3 N–H and O–H groups in total. The van der Waals surface area contributed by atoms with Crippen LogP contribution in [0, 0.1) is 5.82 Å². The Bertz CT molecular complexity index is 579. The van der Waals surface area contributed by atoms with Crippen molar-refractivity contribution in [1.29, 1.82) is 0 Å². The lowest BCUT2D eigenvalue weighted by Gasteiger charge is -2.10. The van der Waals surface area contributed by atoms with Gasteiger partial charge in [-0.2, -0.15) is 0 Å². The highest BCUT2D eigenvalue weighted by Crippen LogP contribution is 2.25. The van der Waals surface area contributed by atoms with Gasteiger partial charge in [-0.15, -0.1) is 0 Å². The summed E-state index contributed by atoms with van der Waals surface area (Å²) in [4.78, 5) is 33.2. The normalized spacial score (nSPS) is 9.86. The van der Waals surface area contributed by atoms with Gasteiger partial charge in [-0.25, -0.2) is 14.0 Å². The number of anilines is 1. The van der Waals surface area contributed by atoms with Crippen LogP contribution in [0.5, 0.6) is 0 Å².